The molecule has 4 nitrogen and oxygen atoms in total. The summed E-state index contributed by atoms with van der Waals surface area (Å²) >= 11 is 7.59. The second-order valence-corrected chi connectivity index (χ2v) is 7.33. The molecule has 0 saturated heterocycles. The van der Waals surface area contributed by atoms with E-state index in [0.717, 1.165) is 22.7 Å². The third-order valence-corrected chi connectivity index (χ3v) is 5.45. The predicted molar refractivity (Wildman–Crippen MR) is 107 cm³/mol. The molecule has 0 aliphatic rings. The molecule has 0 radical (unpaired) electrons. The first-order valence-corrected chi connectivity index (χ1v) is 9.58. The second-order valence-electron chi connectivity index (χ2n) is 6.03. The van der Waals surface area contributed by atoms with Crippen molar-refractivity contribution in [2.45, 2.75) is 19.9 Å². The first kappa shape index (κ1) is 16.9. The van der Waals surface area contributed by atoms with Crippen molar-refractivity contribution < 1.29 is 0 Å². The van der Waals surface area contributed by atoms with Gasteiger partial charge in [-0.3, -0.25) is 9.36 Å². The number of nitrogens with zero attached hydrogens (tertiary/aromatic N) is 3. The van der Waals surface area contributed by atoms with Crippen LogP contribution in [0.5, 0.6) is 0 Å². The highest BCUT2D eigenvalue weighted by Gasteiger charge is 2.09. The van der Waals surface area contributed by atoms with E-state index in [-0.39, 0.29) is 5.56 Å². The molecular weight excluding hydrogens is 366 g/mol. The van der Waals surface area contributed by atoms with Crippen LogP contribution in [0.1, 0.15) is 18.2 Å². The maximum atomic E-state index is 12.7. The zero-order chi connectivity index (χ0) is 18.1. The van der Waals surface area contributed by atoms with E-state index in [1.165, 1.54) is 5.56 Å². The fourth-order valence-electron chi connectivity index (χ4n) is 2.81. The maximum absolute atomic E-state index is 12.7. The van der Waals surface area contributed by atoms with E-state index in [0.29, 0.717) is 22.5 Å². The molecule has 0 fully saturated rings. The second kappa shape index (κ2) is 7.02. The summed E-state index contributed by atoms with van der Waals surface area (Å²) in [4.78, 5) is 21.7. The molecule has 26 heavy (non-hydrogen) atoms. The van der Waals surface area contributed by atoms with Gasteiger partial charge in [-0.25, -0.2) is 9.97 Å². The third-order valence-electron chi connectivity index (χ3n) is 4.28. The van der Waals surface area contributed by atoms with Gasteiger partial charge in [0.05, 0.1) is 29.5 Å². The monoisotopic (exact) mass is 381 g/mol. The van der Waals surface area contributed by atoms with Gasteiger partial charge in [-0.1, -0.05) is 42.8 Å². The Morgan fingerprint density at radius 3 is 2.73 bits per heavy atom. The Hall–Kier alpha value is -2.50. The molecule has 0 bridgehead atoms. The maximum Gasteiger partial charge on any atom is 0.261 e. The number of hydrogen-bond donors (Lipinski definition) is 0. The highest BCUT2D eigenvalue weighted by molar-refractivity contribution is 7.13. The van der Waals surface area contributed by atoms with E-state index >= 15 is 0 Å². The molecule has 0 amide bonds. The Labute approximate surface area is 159 Å². The van der Waals surface area contributed by atoms with Gasteiger partial charge >= 0.3 is 0 Å². The van der Waals surface area contributed by atoms with Crippen LogP contribution < -0.4 is 5.56 Å². The van der Waals surface area contributed by atoms with Crippen molar-refractivity contribution >= 4 is 33.8 Å². The lowest BCUT2D eigenvalue weighted by atomic mass is 10.1. The van der Waals surface area contributed by atoms with E-state index in [1.807, 2.05) is 5.38 Å². The normalized spacial score (nSPS) is 11.2. The van der Waals surface area contributed by atoms with Crippen molar-refractivity contribution in [1.82, 2.24) is 14.5 Å². The van der Waals surface area contributed by atoms with E-state index < -0.39 is 0 Å². The van der Waals surface area contributed by atoms with E-state index in [1.54, 1.807) is 40.4 Å². The van der Waals surface area contributed by atoms with Crippen molar-refractivity contribution in [2.75, 3.05) is 0 Å². The third kappa shape index (κ3) is 3.28. The van der Waals surface area contributed by atoms with Crippen LogP contribution >= 0.6 is 22.9 Å². The molecule has 0 N–H and O–H groups in total. The minimum Gasteiger partial charge on any atom is -0.293 e. The minimum absolute atomic E-state index is 0.112. The average molecular weight is 382 g/mol. The molecule has 0 aliphatic heterocycles. The van der Waals surface area contributed by atoms with Crippen LogP contribution in [0.3, 0.4) is 0 Å². The van der Waals surface area contributed by atoms with Crippen molar-refractivity contribution in [3.8, 4) is 10.6 Å². The van der Waals surface area contributed by atoms with Crippen LogP contribution in [0.4, 0.5) is 0 Å². The summed E-state index contributed by atoms with van der Waals surface area (Å²) in [6.45, 7) is 2.52. The molecule has 130 valence electrons. The molecule has 0 unspecified atom stereocenters. The van der Waals surface area contributed by atoms with Crippen LogP contribution in [0.2, 0.25) is 5.02 Å². The van der Waals surface area contributed by atoms with Crippen LogP contribution in [-0.4, -0.2) is 14.5 Å². The molecule has 0 atom stereocenters. The highest BCUT2D eigenvalue weighted by Crippen LogP contribution is 2.24. The van der Waals surface area contributed by atoms with Gasteiger partial charge in [0.15, 0.2) is 0 Å². The fourth-order valence-corrected chi connectivity index (χ4v) is 3.80. The van der Waals surface area contributed by atoms with Crippen molar-refractivity contribution in [1.29, 1.82) is 0 Å². The summed E-state index contributed by atoms with van der Waals surface area (Å²) in [5.41, 5.74) is 3.77. The largest absolute Gasteiger partial charge is 0.293 e. The minimum atomic E-state index is -0.112. The van der Waals surface area contributed by atoms with E-state index in [4.69, 9.17) is 11.6 Å². The van der Waals surface area contributed by atoms with Crippen LogP contribution in [-0.2, 0) is 13.0 Å². The summed E-state index contributed by atoms with van der Waals surface area (Å²) in [5, 5.41) is 3.98. The lowest BCUT2D eigenvalue weighted by molar-refractivity contribution is 0.734. The zero-order valence-electron chi connectivity index (χ0n) is 14.1. The number of halogens is 1. The SMILES string of the molecule is CCc1ccc(-c2nc(Cn3cnc4ccc(Cl)cc4c3=O)cs2)cc1. The number of rotatable bonds is 4. The predicted octanol–water partition coefficient (Wildman–Crippen LogP) is 4.78. The molecule has 4 aromatic rings. The first-order chi connectivity index (χ1) is 12.6. The molecule has 2 aromatic carbocycles. The Bertz CT molecular complexity index is 1130. The van der Waals surface area contributed by atoms with Crippen LogP contribution in [0, 0.1) is 0 Å². The number of thiazole rings is 1. The smallest absolute Gasteiger partial charge is 0.261 e. The Kier molecular flexibility index (Phi) is 4.57. The van der Waals surface area contributed by atoms with E-state index in [9.17, 15) is 4.79 Å². The molecule has 2 aromatic heterocycles. The van der Waals surface area contributed by atoms with Gasteiger partial charge in [0, 0.05) is 16.0 Å². The van der Waals surface area contributed by atoms with Crippen molar-refractivity contribution in [2.24, 2.45) is 0 Å². The van der Waals surface area contributed by atoms with Gasteiger partial charge < -0.3 is 0 Å². The zero-order valence-corrected chi connectivity index (χ0v) is 15.7. The van der Waals surface area contributed by atoms with Gasteiger partial charge in [-0.2, -0.15) is 0 Å². The molecule has 6 heteroatoms. The Morgan fingerprint density at radius 2 is 1.96 bits per heavy atom. The molecule has 0 aliphatic carbocycles. The van der Waals surface area contributed by atoms with Gasteiger partial charge in [0.25, 0.3) is 5.56 Å². The molecule has 2 heterocycles. The lowest BCUT2D eigenvalue weighted by Gasteiger charge is -2.05. The topological polar surface area (TPSA) is 47.8 Å². The first-order valence-electron chi connectivity index (χ1n) is 8.32. The quantitative estimate of drug-likeness (QED) is 0.511. The summed E-state index contributed by atoms with van der Waals surface area (Å²) in [6, 6.07) is 13.6. The summed E-state index contributed by atoms with van der Waals surface area (Å²) in [7, 11) is 0. The summed E-state index contributed by atoms with van der Waals surface area (Å²) in [6.07, 6.45) is 2.58. The van der Waals surface area contributed by atoms with Crippen molar-refractivity contribution in [3.05, 3.63) is 80.8 Å². The van der Waals surface area contributed by atoms with Gasteiger partial charge in [0.1, 0.15) is 5.01 Å². The van der Waals surface area contributed by atoms with Crippen LogP contribution in [0.25, 0.3) is 21.5 Å². The van der Waals surface area contributed by atoms with Crippen molar-refractivity contribution in [3.63, 3.8) is 0 Å². The number of fused-ring (bicyclic) bond motifs is 1. The molecule has 0 spiro atoms. The number of hydrogen-bond acceptors (Lipinski definition) is 4. The number of aromatic nitrogens is 3. The van der Waals surface area contributed by atoms with Gasteiger partial charge in [0.2, 0.25) is 0 Å². The standard InChI is InChI=1S/C20H16ClN3OS/c1-2-13-3-5-14(6-4-13)19-23-16(11-26-19)10-24-12-22-18-8-7-15(21)9-17(18)20(24)25/h3-9,11-12H,2,10H2,1H3. The van der Waals surface area contributed by atoms with Gasteiger partial charge in [-0.05, 0) is 30.2 Å². The summed E-state index contributed by atoms with van der Waals surface area (Å²) in [5.74, 6) is 0. The van der Waals surface area contributed by atoms with Crippen LogP contribution in [0.15, 0.2) is 59.0 Å². The lowest BCUT2D eigenvalue weighted by Crippen LogP contribution is -2.21. The highest BCUT2D eigenvalue weighted by atomic mass is 35.5. The van der Waals surface area contributed by atoms with Gasteiger partial charge in [-0.15, -0.1) is 11.3 Å². The molecular formula is C20H16ClN3OS. The van der Waals surface area contributed by atoms with E-state index in [2.05, 4.69) is 41.2 Å². The summed E-state index contributed by atoms with van der Waals surface area (Å²) < 4.78 is 1.57. The fraction of sp³-hybridized carbons (Fsp3) is 0.150. The number of aryl methyl sites for hydroxylation is 1. The molecule has 0 saturated carbocycles. The number of benzene rings is 2. The molecule has 4 rings (SSSR count). The average Bonchev–Trinajstić information content (AvgIpc) is 3.13. The Balaban J connectivity index is 1.64. The Morgan fingerprint density at radius 1 is 1.15 bits per heavy atom.